The van der Waals surface area contributed by atoms with Gasteiger partial charge < -0.3 is 15.1 Å². The average Bonchev–Trinajstić information content (AvgIpc) is 3.54. The Bertz CT molecular complexity index is 952. The van der Waals surface area contributed by atoms with Gasteiger partial charge in [0.1, 0.15) is 11.6 Å². The Morgan fingerprint density at radius 2 is 1.88 bits per heavy atom. The van der Waals surface area contributed by atoms with E-state index < -0.39 is 0 Å². The van der Waals surface area contributed by atoms with Crippen LogP contribution in [0.4, 0.5) is 10.2 Å². The summed E-state index contributed by atoms with van der Waals surface area (Å²) in [4.78, 5) is 19.5. The Labute approximate surface area is 223 Å². The first kappa shape index (κ1) is 29.0. The summed E-state index contributed by atoms with van der Waals surface area (Å²) < 4.78 is 15.6. The van der Waals surface area contributed by atoms with E-state index in [0.717, 1.165) is 74.5 Å². The minimum absolute atomic E-state index is 0. The van der Waals surface area contributed by atoms with Gasteiger partial charge in [0.15, 0.2) is 0 Å². The number of carbonyl (C=O) groups is 1. The lowest BCUT2D eigenvalue weighted by atomic mass is 10.1. The Morgan fingerprint density at radius 1 is 1.12 bits per heavy atom. The predicted octanol–water partition coefficient (Wildman–Crippen LogP) is 2.97. The second kappa shape index (κ2) is 12.6. The number of carbonyl (C=O) groups excluding carboxylic acids is 1. The minimum atomic E-state index is -0.258. The molecule has 2 atom stereocenters. The number of nitrogens with one attached hydrogen (secondary N) is 1. The zero-order valence-electron chi connectivity index (χ0n) is 19.1. The normalized spacial score (nSPS) is 22.6. The van der Waals surface area contributed by atoms with Gasteiger partial charge in [0, 0.05) is 57.1 Å². The van der Waals surface area contributed by atoms with Gasteiger partial charge in [-0.3, -0.25) is 9.69 Å². The zero-order valence-corrected chi connectivity index (χ0v) is 22.3. The molecular formula is C22H32Cl3FN6OS. The third-order valence-electron chi connectivity index (χ3n) is 6.49. The lowest BCUT2D eigenvalue weighted by Gasteiger charge is -2.38. The number of amides is 1. The number of anilines is 1. The van der Waals surface area contributed by atoms with E-state index in [1.54, 1.807) is 6.07 Å². The van der Waals surface area contributed by atoms with Gasteiger partial charge in [-0.25, -0.2) is 9.07 Å². The maximum atomic E-state index is 13.7. The molecule has 12 heteroatoms. The molecule has 4 heterocycles. The highest BCUT2D eigenvalue weighted by molar-refractivity contribution is 7.99. The van der Waals surface area contributed by atoms with Crippen LogP contribution in [-0.2, 0) is 4.79 Å². The highest BCUT2D eigenvalue weighted by Crippen LogP contribution is 2.25. The van der Waals surface area contributed by atoms with Crippen molar-refractivity contribution < 1.29 is 9.18 Å². The summed E-state index contributed by atoms with van der Waals surface area (Å²) in [5, 5.41) is 8.06. The number of benzene rings is 1. The van der Waals surface area contributed by atoms with Crippen LogP contribution in [0.1, 0.15) is 12.1 Å². The summed E-state index contributed by atoms with van der Waals surface area (Å²) >= 11 is 1.83. The molecule has 1 amide bonds. The summed E-state index contributed by atoms with van der Waals surface area (Å²) in [6.45, 7) is 7.38. The first-order valence-electron chi connectivity index (χ1n) is 11.0. The molecule has 5 rings (SSSR count). The van der Waals surface area contributed by atoms with Crippen LogP contribution in [0.15, 0.2) is 30.3 Å². The van der Waals surface area contributed by atoms with Crippen molar-refractivity contribution in [1.29, 1.82) is 0 Å². The van der Waals surface area contributed by atoms with E-state index in [2.05, 4.69) is 26.3 Å². The van der Waals surface area contributed by atoms with Crippen molar-refractivity contribution in [3.8, 4) is 5.69 Å². The molecule has 0 unspecified atom stereocenters. The van der Waals surface area contributed by atoms with E-state index in [0.29, 0.717) is 6.04 Å². The molecule has 3 aliphatic rings. The van der Waals surface area contributed by atoms with Crippen LogP contribution < -0.4 is 10.2 Å². The van der Waals surface area contributed by atoms with E-state index in [1.165, 1.54) is 12.1 Å². The van der Waals surface area contributed by atoms with Gasteiger partial charge in [-0.2, -0.15) is 5.10 Å². The van der Waals surface area contributed by atoms with Crippen LogP contribution in [0.3, 0.4) is 0 Å². The van der Waals surface area contributed by atoms with Crippen molar-refractivity contribution in [1.82, 2.24) is 24.9 Å². The van der Waals surface area contributed by atoms with Crippen molar-refractivity contribution in [3.05, 3.63) is 41.8 Å². The Balaban J connectivity index is 0.00000136. The van der Waals surface area contributed by atoms with E-state index in [4.69, 9.17) is 0 Å². The fraction of sp³-hybridized carbons (Fsp3) is 0.545. The topological polar surface area (TPSA) is 56.6 Å². The molecule has 190 valence electrons. The van der Waals surface area contributed by atoms with E-state index in [1.807, 2.05) is 34.3 Å². The van der Waals surface area contributed by atoms with Crippen LogP contribution in [0.2, 0.25) is 0 Å². The summed E-state index contributed by atoms with van der Waals surface area (Å²) in [7, 11) is 0. The van der Waals surface area contributed by atoms with Gasteiger partial charge in [-0.05, 0) is 31.5 Å². The molecule has 3 aliphatic heterocycles. The van der Waals surface area contributed by atoms with Gasteiger partial charge in [0.2, 0.25) is 5.91 Å². The van der Waals surface area contributed by atoms with Crippen LogP contribution >= 0.6 is 49.0 Å². The molecule has 0 spiro atoms. The van der Waals surface area contributed by atoms with E-state index in [-0.39, 0.29) is 55.0 Å². The molecule has 2 aromatic rings. The molecule has 0 bridgehead atoms. The number of piperazine rings is 1. The second-order valence-corrected chi connectivity index (χ2v) is 9.62. The summed E-state index contributed by atoms with van der Waals surface area (Å²) in [5.74, 6) is 2.90. The molecule has 3 fully saturated rings. The Kier molecular flexibility index (Phi) is 10.8. The summed E-state index contributed by atoms with van der Waals surface area (Å²) in [6, 6.07) is 9.01. The highest BCUT2D eigenvalue weighted by Gasteiger charge is 2.37. The standard InChI is InChI=1S/C22H29FN6OS.3ClH/c1-16-11-21(29(25-16)18-4-2-3-17(23)12-18)27-7-5-26(6-8-27)19-13-20(24-14-19)22(30)28-9-10-31-15-28;;;/h2-4,11-12,19-20,24H,5-10,13-15H2,1H3;3*1H/t19-,20-;;;/m0.../s1. The number of hydrogen-bond donors (Lipinski definition) is 1. The number of halogens is 4. The summed E-state index contributed by atoms with van der Waals surface area (Å²) in [6.07, 6.45) is 0.889. The van der Waals surface area contributed by atoms with Gasteiger partial charge in [0.25, 0.3) is 0 Å². The highest BCUT2D eigenvalue weighted by atomic mass is 35.5. The van der Waals surface area contributed by atoms with Gasteiger partial charge in [-0.15, -0.1) is 49.0 Å². The summed E-state index contributed by atoms with van der Waals surface area (Å²) in [5.41, 5.74) is 1.66. The number of rotatable bonds is 4. The minimum Gasteiger partial charge on any atom is -0.354 e. The maximum Gasteiger partial charge on any atom is 0.240 e. The van der Waals surface area contributed by atoms with Crippen LogP contribution in [0, 0.1) is 12.7 Å². The third-order valence-corrected chi connectivity index (χ3v) is 7.46. The molecule has 0 aliphatic carbocycles. The number of thioether (sulfide) groups is 1. The quantitative estimate of drug-likeness (QED) is 0.628. The average molecular weight is 554 g/mol. The molecular weight excluding hydrogens is 522 g/mol. The SMILES string of the molecule is Cc1cc(N2CCN([C@@H]3CN[C@H](C(=O)N4CCSC4)C3)CC2)n(-c2cccc(F)c2)n1.Cl.Cl.Cl. The fourth-order valence-corrected chi connectivity index (χ4v) is 5.77. The largest absolute Gasteiger partial charge is 0.354 e. The van der Waals surface area contributed by atoms with E-state index >= 15 is 0 Å². The van der Waals surface area contributed by atoms with Gasteiger partial charge in [-0.1, -0.05) is 6.07 Å². The number of hydrogen-bond acceptors (Lipinski definition) is 6. The first-order valence-corrected chi connectivity index (χ1v) is 12.2. The van der Waals surface area contributed by atoms with Crippen LogP contribution in [0.5, 0.6) is 0 Å². The van der Waals surface area contributed by atoms with Gasteiger partial charge >= 0.3 is 0 Å². The lowest BCUT2D eigenvalue weighted by molar-refractivity contribution is -0.131. The second-order valence-electron chi connectivity index (χ2n) is 8.55. The predicted molar refractivity (Wildman–Crippen MR) is 143 cm³/mol. The molecule has 1 aromatic carbocycles. The third kappa shape index (κ3) is 6.12. The smallest absolute Gasteiger partial charge is 0.240 e. The lowest BCUT2D eigenvalue weighted by Crippen LogP contribution is -2.51. The van der Waals surface area contributed by atoms with Gasteiger partial charge in [0.05, 0.1) is 23.3 Å². The molecule has 3 saturated heterocycles. The van der Waals surface area contributed by atoms with Crippen LogP contribution in [0.25, 0.3) is 5.69 Å². The molecule has 34 heavy (non-hydrogen) atoms. The van der Waals surface area contributed by atoms with E-state index in [9.17, 15) is 9.18 Å². The monoisotopic (exact) mass is 552 g/mol. The van der Waals surface area contributed by atoms with Crippen molar-refractivity contribution in [3.63, 3.8) is 0 Å². The molecule has 0 saturated carbocycles. The molecule has 1 N–H and O–H groups in total. The molecule has 7 nitrogen and oxygen atoms in total. The van der Waals surface area contributed by atoms with Crippen molar-refractivity contribution >= 4 is 60.7 Å². The number of nitrogens with zero attached hydrogens (tertiary/aromatic N) is 5. The molecule has 0 radical (unpaired) electrons. The fourth-order valence-electron chi connectivity index (χ4n) is 4.82. The van der Waals surface area contributed by atoms with Crippen molar-refractivity contribution in [2.45, 2.75) is 25.4 Å². The van der Waals surface area contributed by atoms with Crippen molar-refractivity contribution in [2.24, 2.45) is 0 Å². The first-order chi connectivity index (χ1) is 15.1. The van der Waals surface area contributed by atoms with Crippen LogP contribution in [-0.4, -0.2) is 88.5 Å². The molecule has 1 aromatic heterocycles. The number of aryl methyl sites for hydroxylation is 1. The Hall–Kier alpha value is -1.23. The Morgan fingerprint density at radius 3 is 2.56 bits per heavy atom. The van der Waals surface area contributed by atoms with Crippen molar-refractivity contribution in [2.75, 3.05) is 55.8 Å². The zero-order chi connectivity index (χ0) is 21.4. The number of aromatic nitrogens is 2. The maximum absolute atomic E-state index is 13.7.